The molecule has 0 aliphatic rings. The molecule has 0 unspecified atom stereocenters. The number of aromatic nitrogens is 1. The van der Waals surface area contributed by atoms with Crippen LogP contribution in [-0.4, -0.2) is 11.5 Å². The fourth-order valence-corrected chi connectivity index (χ4v) is 2.53. The van der Waals surface area contributed by atoms with Crippen LogP contribution in [0.3, 0.4) is 0 Å². The van der Waals surface area contributed by atoms with Crippen molar-refractivity contribution in [3.63, 3.8) is 0 Å². The van der Waals surface area contributed by atoms with Gasteiger partial charge in [-0.1, -0.05) is 18.2 Å². The van der Waals surface area contributed by atoms with Gasteiger partial charge in [0.25, 0.3) is 0 Å². The van der Waals surface area contributed by atoms with Crippen molar-refractivity contribution >= 4 is 11.3 Å². The molecule has 0 fully saturated rings. The summed E-state index contributed by atoms with van der Waals surface area (Å²) >= 11 is 1.72. The van der Waals surface area contributed by atoms with E-state index in [-0.39, 0.29) is 0 Å². The van der Waals surface area contributed by atoms with Crippen LogP contribution in [0.5, 0.6) is 0 Å². The van der Waals surface area contributed by atoms with Crippen LogP contribution in [-0.2, 0) is 13.0 Å². The van der Waals surface area contributed by atoms with Crippen molar-refractivity contribution in [2.24, 2.45) is 0 Å². The molecule has 2 rings (SSSR count). The number of benzene rings is 1. The van der Waals surface area contributed by atoms with Gasteiger partial charge in [-0.15, -0.1) is 11.3 Å². The molecule has 0 aliphatic carbocycles. The van der Waals surface area contributed by atoms with E-state index in [0.29, 0.717) is 0 Å². The van der Waals surface area contributed by atoms with Gasteiger partial charge < -0.3 is 5.32 Å². The van der Waals surface area contributed by atoms with Gasteiger partial charge >= 0.3 is 0 Å². The summed E-state index contributed by atoms with van der Waals surface area (Å²) in [6.07, 6.45) is 2.88. The summed E-state index contributed by atoms with van der Waals surface area (Å²) in [5.41, 5.74) is 4.16. The maximum Gasteiger partial charge on any atom is 0.0937 e. The molecule has 2 aromatic rings. The number of rotatable bonds is 5. The first-order valence-electron chi connectivity index (χ1n) is 5.91. The Hall–Kier alpha value is -1.19. The van der Waals surface area contributed by atoms with Crippen molar-refractivity contribution in [2.45, 2.75) is 26.8 Å². The van der Waals surface area contributed by atoms with E-state index in [4.69, 9.17) is 0 Å². The zero-order chi connectivity index (χ0) is 12.1. The Kier molecular flexibility index (Phi) is 4.29. The van der Waals surface area contributed by atoms with E-state index in [0.717, 1.165) is 19.5 Å². The molecule has 0 atom stereocenters. The van der Waals surface area contributed by atoms with Crippen molar-refractivity contribution in [3.8, 4) is 0 Å². The second-order valence-electron chi connectivity index (χ2n) is 4.22. The Morgan fingerprint density at radius 3 is 2.65 bits per heavy atom. The molecule has 0 amide bonds. The molecule has 1 aromatic heterocycles. The van der Waals surface area contributed by atoms with E-state index in [1.165, 1.54) is 21.7 Å². The van der Waals surface area contributed by atoms with E-state index < -0.39 is 0 Å². The van der Waals surface area contributed by atoms with Crippen LogP contribution in [0, 0.1) is 13.8 Å². The molecule has 2 nitrogen and oxygen atoms in total. The molecule has 0 saturated carbocycles. The van der Waals surface area contributed by atoms with Gasteiger partial charge in [0.05, 0.1) is 5.01 Å². The van der Waals surface area contributed by atoms with Crippen molar-refractivity contribution in [3.05, 3.63) is 51.5 Å². The average Bonchev–Trinajstić information content (AvgIpc) is 2.80. The van der Waals surface area contributed by atoms with Gasteiger partial charge in [0, 0.05) is 31.1 Å². The maximum absolute atomic E-state index is 4.27. The van der Waals surface area contributed by atoms with Crippen LogP contribution in [0.4, 0.5) is 0 Å². The van der Waals surface area contributed by atoms with Gasteiger partial charge in [-0.25, -0.2) is 4.98 Å². The second kappa shape index (κ2) is 5.94. The van der Waals surface area contributed by atoms with E-state index in [2.05, 4.69) is 42.3 Å². The first-order valence-corrected chi connectivity index (χ1v) is 6.79. The first-order chi connectivity index (χ1) is 8.27. The number of nitrogens with zero attached hydrogens (tertiary/aromatic N) is 1. The van der Waals surface area contributed by atoms with Gasteiger partial charge in [0.2, 0.25) is 0 Å². The van der Waals surface area contributed by atoms with Gasteiger partial charge in [-0.05, 0) is 30.5 Å². The number of aryl methyl sites for hydroxylation is 2. The standard InChI is InChI=1S/C14H18N2S/c1-11-4-3-5-12(2)13(11)10-15-7-6-14-16-8-9-17-14/h3-5,8-9,15H,6-7,10H2,1-2H3. The van der Waals surface area contributed by atoms with Gasteiger partial charge in [0.1, 0.15) is 0 Å². The molecule has 0 aliphatic heterocycles. The smallest absolute Gasteiger partial charge is 0.0937 e. The van der Waals surface area contributed by atoms with E-state index in [1.807, 2.05) is 11.6 Å². The van der Waals surface area contributed by atoms with Crippen molar-refractivity contribution in [2.75, 3.05) is 6.54 Å². The van der Waals surface area contributed by atoms with Crippen molar-refractivity contribution in [1.29, 1.82) is 0 Å². The molecule has 0 spiro atoms. The highest BCUT2D eigenvalue weighted by molar-refractivity contribution is 7.09. The van der Waals surface area contributed by atoms with E-state index in [1.54, 1.807) is 11.3 Å². The van der Waals surface area contributed by atoms with Crippen molar-refractivity contribution in [1.82, 2.24) is 10.3 Å². The second-order valence-corrected chi connectivity index (χ2v) is 5.20. The van der Waals surface area contributed by atoms with E-state index in [9.17, 15) is 0 Å². The number of thiazole rings is 1. The summed E-state index contributed by atoms with van der Waals surface area (Å²) < 4.78 is 0. The lowest BCUT2D eigenvalue weighted by Crippen LogP contribution is -2.17. The molecule has 1 aromatic carbocycles. The molecule has 1 heterocycles. The quantitative estimate of drug-likeness (QED) is 0.820. The SMILES string of the molecule is Cc1cccc(C)c1CNCCc1nccs1. The van der Waals surface area contributed by atoms with Crippen LogP contribution in [0.15, 0.2) is 29.8 Å². The lowest BCUT2D eigenvalue weighted by atomic mass is 10.0. The molecule has 1 N–H and O–H groups in total. The Morgan fingerprint density at radius 2 is 2.00 bits per heavy atom. The van der Waals surface area contributed by atoms with Crippen LogP contribution in [0.1, 0.15) is 21.7 Å². The Labute approximate surface area is 107 Å². The summed E-state index contributed by atoms with van der Waals surface area (Å²) in [5, 5.41) is 6.72. The fourth-order valence-electron chi connectivity index (χ4n) is 1.91. The average molecular weight is 246 g/mol. The number of hydrogen-bond acceptors (Lipinski definition) is 3. The predicted octanol–water partition coefficient (Wildman–Crippen LogP) is 3.09. The molecular formula is C14H18N2S. The van der Waals surface area contributed by atoms with Crippen LogP contribution in [0.25, 0.3) is 0 Å². The third kappa shape index (κ3) is 3.38. The molecule has 0 bridgehead atoms. The topological polar surface area (TPSA) is 24.9 Å². The monoisotopic (exact) mass is 246 g/mol. The molecule has 0 saturated heterocycles. The summed E-state index contributed by atoms with van der Waals surface area (Å²) in [6, 6.07) is 6.46. The predicted molar refractivity (Wildman–Crippen MR) is 73.4 cm³/mol. The Bertz CT molecular complexity index is 443. The largest absolute Gasteiger partial charge is 0.312 e. The van der Waals surface area contributed by atoms with Gasteiger partial charge in [0.15, 0.2) is 0 Å². The first kappa shape index (κ1) is 12.3. The summed E-state index contributed by atoms with van der Waals surface area (Å²) in [6.45, 7) is 6.28. The normalized spacial score (nSPS) is 10.7. The third-order valence-electron chi connectivity index (χ3n) is 2.95. The molecule has 90 valence electrons. The molecule has 3 heteroatoms. The van der Waals surface area contributed by atoms with Crippen LogP contribution in [0.2, 0.25) is 0 Å². The molecule has 17 heavy (non-hydrogen) atoms. The summed E-state index contributed by atoms with van der Waals surface area (Å²) in [7, 11) is 0. The highest BCUT2D eigenvalue weighted by Crippen LogP contribution is 2.12. The van der Waals surface area contributed by atoms with E-state index >= 15 is 0 Å². The lowest BCUT2D eigenvalue weighted by molar-refractivity contribution is 0.680. The number of hydrogen-bond donors (Lipinski definition) is 1. The Balaban J connectivity index is 1.82. The highest BCUT2D eigenvalue weighted by Gasteiger charge is 2.01. The van der Waals surface area contributed by atoms with Crippen molar-refractivity contribution < 1.29 is 0 Å². The van der Waals surface area contributed by atoms with Crippen LogP contribution < -0.4 is 5.32 Å². The highest BCUT2D eigenvalue weighted by atomic mass is 32.1. The minimum absolute atomic E-state index is 0.948. The Morgan fingerprint density at radius 1 is 1.24 bits per heavy atom. The summed E-state index contributed by atoms with van der Waals surface area (Å²) in [5.74, 6) is 0. The third-order valence-corrected chi connectivity index (χ3v) is 3.78. The fraction of sp³-hybridized carbons (Fsp3) is 0.357. The minimum atomic E-state index is 0.948. The summed E-state index contributed by atoms with van der Waals surface area (Å²) in [4.78, 5) is 4.27. The molecular weight excluding hydrogens is 228 g/mol. The lowest BCUT2D eigenvalue weighted by Gasteiger charge is -2.10. The minimum Gasteiger partial charge on any atom is -0.312 e. The molecule has 0 radical (unpaired) electrons. The maximum atomic E-state index is 4.27. The number of nitrogens with one attached hydrogen (secondary N) is 1. The zero-order valence-corrected chi connectivity index (χ0v) is 11.2. The van der Waals surface area contributed by atoms with Crippen LogP contribution >= 0.6 is 11.3 Å². The van der Waals surface area contributed by atoms with Gasteiger partial charge in [-0.2, -0.15) is 0 Å². The van der Waals surface area contributed by atoms with Gasteiger partial charge in [-0.3, -0.25) is 0 Å². The zero-order valence-electron chi connectivity index (χ0n) is 10.4.